The molecular formula is C15H14Cl2N2O3. The van der Waals surface area contributed by atoms with Gasteiger partial charge in [-0.25, -0.2) is 4.68 Å². The molecule has 0 amide bonds. The van der Waals surface area contributed by atoms with Crippen LogP contribution in [0.3, 0.4) is 0 Å². The van der Waals surface area contributed by atoms with Crippen molar-refractivity contribution in [2.45, 2.75) is 6.92 Å². The zero-order valence-electron chi connectivity index (χ0n) is 11.9. The lowest BCUT2D eigenvalue weighted by molar-refractivity contribution is 0.101. The van der Waals surface area contributed by atoms with Gasteiger partial charge in [-0.2, -0.15) is 0 Å². The lowest BCUT2D eigenvalue weighted by Crippen LogP contribution is -2.49. The zero-order valence-corrected chi connectivity index (χ0v) is 13.4. The first kappa shape index (κ1) is 15.3. The molecule has 0 N–H and O–H groups in total. The summed E-state index contributed by atoms with van der Waals surface area (Å²) >= 11 is 12.5. The second kappa shape index (κ2) is 5.91. The molecule has 1 fully saturated rings. The molecule has 0 bridgehead atoms. The van der Waals surface area contributed by atoms with E-state index >= 15 is 0 Å². The molecule has 0 saturated carbocycles. The highest BCUT2D eigenvalue weighted by Crippen LogP contribution is 2.29. The molecule has 5 nitrogen and oxygen atoms in total. The van der Waals surface area contributed by atoms with E-state index in [1.54, 1.807) is 12.1 Å². The lowest BCUT2D eigenvalue weighted by atomic mass is 10.1. The Hall–Kier alpha value is -1.56. The molecule has 1 aromatic carbocycles. The predicted molar refractivity (Wildman–Crippen MR) is 87.0 cm³/mol. The van der Waals surface area contributed by atoms with Gasteiger partial charge < -0.3 is 9.75 Å². The molecule has 0 radical (unpaired) electrons. The third kappa shape index (κ3) is 2.49. The molecule has 22 heavy (non-hydrogen) atoms. The molecule has 0 atom stereocenters. The Kier molecular flexibility index (Phi) is 4.12. The SMILES string of the molecule is CC(=O)c1cc2c(Cl)ccc(Cl)c2n(N2CCOCC2)c1=O. The van der Waals surface area contributed by atoms with Crippen molar-refractivity contribution in [3.63, 3.8) is 0 Å². The summed E-state index contributed by atoms with van der Waals surface area (Å²) in [5.74, 6) is -0.301. The van der Waals surface area contributed by atoms with Crippen LogP contribution in [-0.4, -0.2) is 36.8 Å². The van der Waals surface area contributed by atoms with Gasteiger partial charge in [-0.15, -0.1) is 0 Å². The van der Waals surface area contributed by atoms with E-state index in [1.807, 2.05) is 5.01 Å². The van der Waals surface area contributed by atoms with Crippen molar-refractivity contribution in [2.75, 3.05) is 31.3 Å². The fourth-order valence-corrected chi connectivity index (χ4v) is 3.06. The van der Waals surface area contributed by atoms with Crippen molar-refractivity contribution in [3.05, 3.63) is 44.2 Å². The van der Waals surface area contributed by atoms with Gasteiger partial charge in [-0.05, 0) is 25.1 Å². The second-order valence-electron chi connectivity index (χ2n) is 5.09. The fraction of sp³-hybridized carbons (Fsp3) is 0.333. The van der Waals surface area contributed by atoms with Gasteiger partial charge in [0.05, 0.1) is 47.4 Å². The predicted octanol–water partition coefficient (Wildman–Crippen LogP) is 2.48. The standard InChI is InChI=1S/C15H14Cl2N2O3/c1-9(20)10-8-11-12(16)2-3-13(17)14(11)19(15(10)21)18-4-6-22-7-5-18/h2-3,8H,4-7H2,1H3. The molecule has 7 heteroatoms. The number of Topliss-reactive ketones (excluding diaryl/α,β-unsaturated/α-hetero) is 1. The van der Waals surface area contributed by atoms with Crippen LogP contribution in [0.25, 0.3) is 10.9 Å². The van der Waals surface area contributed by atoms with Crippen molar-refractivity contribution >= 4 is 39.9 Å². The number of benzene rings is 1. The third-order valence-corrected chi connectivity index (χ3v) is 4.32. The summed E-state index contributed by atoms with van der Waals surface area (Å²) in [6.07, 6.45) is 0. The normalized spacial score (nSPS) is 15.3. The van der Waals surface area contributed by atoms with Crippen LogP contribution >= 0.6 is 23.2 Å². The summed E-state index contributed by atoms with van der Waals surface area (Å²) in [6.45, 7) is 3.47. The number of ether oxygens (including phenoxy) is 1. The van der Waals surface area contributed by atoms with Gasteiger partial charge >= 0.3 is 0 Å². The molecule has 2 heterocycles. The van der Waals surface area contributed by atoms with E-state index in [4.69, 9.17) is 27.9 Å². The van der Waals surface area contributed by atoms with E-state index in [0.717, 1.165) is 0 Å². The maximum absolute atomic E-state index is 12.7. The minimum Gasteiger partial charge on any atom is -0.378 e. The van der Waals surface area contributed by atoms with Gasteiger partial charge in [0.25, 0.3) is 5.56 Å². The van der Waals surface area contributed by atoms with E-state index in [1.165, 1.54) is 17.7 Å². The molecule has 1 aromatic heterocycles. The molecule has 0 unspecified atom stereocenters. The minimum absolute atomic E-state index is 0.100. The summed E-state index contributed by atoms with van der Waals surface area (Å²) in [4.78, 5) is 24.6. The van der Waals surface area contributed by atoms with Gasteiger partial charge in [0.1, 0.15) is 0 Å². The molecule has 1 aliphatic heterocycles. The number of morpholine rings is 1. The molecule has 116 valence electrons. The van der Waals surface area contributed by atoms with Crippen LogP contribution in [0.2, 0.25) is 10.0 Å². The Bertz CT molecular complexity index is 811. The fourth-order valence-electron chi connectivity index (χ4n) is 2.61. The first-order chi connectivity index (χ1) is 10.5. The number of carbonyl (C=O) groups excluding carboxylic acids is 1. The molecule has 2 aromatic rings. The Labute approximate surface area is 136 Å². The molecular weight excluding hydrogens is 327 g/mol. The number of pyridine rings is 1. The lowest BCUT2D eigenvalue weighted by Gasteiger charge is -2.31. The summed E-state index contributed by atoms with van der Waals surface area (Å²) in [5.41, 5.74) is 0.236. The quantitative estimate of drug-likeness (QED) is 0.788. The summed E-state index contributed by atoms with van der Waals surface area (Å²) < 4.78 is 6.78. The van der Waals surface area contributed by atoms with E-state index in [2.05, 4.69) is 0 Å². The largest absolute Gasteiger partial charge is 0.378 e. The Morgan fingerprint density at radius 1 is 1.18 bits per heavy atom. The number of aromatic nitrogens is 1. The van der Waals surface area contributed by atoms with Crippen LogP contribution in [0.4, 0.5) is 0 Å². The van der Waals surface area contributed by atoms with Crippen LogP contribution in [0, 0.1) is 0 Å². The summed E-state index contributed by atoms with van der Waals surface area (Å²) in [6, 6.07) is 4.82. The van der Waals surface area contributed by atoms with Gasteiger partial charge in [-0.3, -0.25) is 9.59 Å². The number of hydrogen-bond acceptors (Lipinski definition) is 4. The molecule has 1 aliphatic rings. The number of nitrogens with zero attached hydrogens (tertiary/aromatic N) is 2. The number of rotatable bonds is 2. The van der Waals surface area contributed by atoms with Crippen molar-refractivity contribution < 1.29 is 9.53 Å². The van der Waals surface area contributed by atoms with Gasteiger partial charge in [0, 0.05) is 5.39 Å². The van der Waals surface area contributed by atoms with Gasteiger partial charge in [-0.1, -0.05) is 23.2 Å². The van der Waals surface area contributed by atoms with Gasteiger partial charge in [0.2, 0.25) is 0 Å². The second-order valence-corrected chi connectivity index (χ2v) is 5.90. The van der Waals surface area contributed by atoms with Crippen LogP contribution < -0.4 is 10.6 Å². The maximum Gasteiger partial charge on any atom is 0.280 e. The average molecular weight is 341 g/mol. The number of carbonyl (C=O) groups is 1. The molecule has 1 saturated heterocycles. The van der Waals surface area contributed by atoms with E-state index in [0.29, 0.717) is 47.3 Å². The van der Waals surface area contributed by atoms with Crippen LogP contribution in [0.15, 0.2) is 23.0 Å². The topological polar surface area (TPSA) is 51.5 Å². The number of halogens is 2. The third-order valence-electron chi connectivity index (χ3n) is 3.69. The van der Waals surface area contributed by atoms with Crippen molar-refractivity contribution in [3.8, 4) is 0 Å². The van der Waals surface area contributed by atoms with Crippen LogP contribution in [-0.2, 0) is 4.74 Å². The maximum atomic E-state index is 12.7. The van der Waals surface area contributed by atoms with Crippen molar-refractivity contribution in [2.24, 2.45) is 0 Å². The van der Waals surface area contributed by atoms with E-state index in [9.17, 15) is 9.59 Å². The Balaban J connectivity index is 2.40. The van der Waals surface area contributed by atoms with E-state index < -0.39 is 0 Å². The highest BCUT2D eigenvalue weighted by Gasteiger charge is 2.21. The average Bonchev–Trinajstić information content (AvgIpc) is 2.51. The van der Waals surface area contributed by atoms with Crippen LogP contribution in [0.5, 0.6) is 0 Å². The summed E-state index contributed by atoms with van der Waals surface area (Å²) in [5, 5.41) is 3.29. The first-order valence-electron chi connectivity index (χ1n) is 6.88. The minimum atomic E-state index is -0.383. The summed E-state index contributed by atoms with van der Waals surface area (Å²) in [7, 11) is 0. The van der Waals surface area contributed by atoms with Crippen LogP contribution in [0.1, 0.15) is 17.3 Å². The number of ketones is 1. The van der Waals surface area contributed by atoms with Crippen molar-refractivity contribution in [1.29, 1.82) is 0 Å². The Morgan fingerprint density at radius 2 is 1.82 bits per heavy atom. The zero-order chi connectivity index (χ0) is 15.9. The smallest absolute Gasteiger partial charge is 0.280 e. The molecule has 0 aliphatic carbocycles. The molecule has 3 rings (SSSR count). The van der Waals surface area contributed by atoms with E-state index in [-0.39, 0.29) is 16.9 Å². The molecule has 0 spiro atoms. The first-order valence-corrected chi connectivity index (χ1v) is 7.64. The van der Waals surface area contributed by atoms with Gasteiger partial charge in [0.15, 0.2) is 5.78 Å². The number of hydrogen-bond donors (Lipinski definition) is 0. The monoisotopic (exact) mass is 340 g/mol. The van der Waals surface area contributed by atoms with Crippen molar-refractivity contribution in [1.82, 2.24) is 4.68 Å². The Morgan fingerprint density at radius 3 is 2.45 bits per heavy atom. The number of fused-ring (bicyclic) bond motifs is 1. The highest BCUT2D eigenvalue weighted by molar-refractivity contribution is 6.40. The highest BCUT2D eigenvalue weighted by atomic mass is 35.5.